The summed E-state index contributed by atoms with van der Waals surface area (Å²) < 4.78 is 42.1. The molecule has 0 unspecified atom stereocenters. The fourth-order valence-electron chi connectivity index (χ4n) is 1.45. The van der Waals surface area contributed by atoms with Gasteiger partial charge in [-0.15, -0.1) is 0 Å². The van der Waals surface area contributed by atoms with Gasteiger partial charge in [-0.2, -0.15) is 18.2 Å². The predicted molar refractivity (Wildman–Crippen MR) is 55.5 cm³/mol. The molecule has 0 aliphatic heterocycles. The van der Waals surface area contributed by atoms with E-state index in [1.54, 1.807) is 0 Å². The first-order chi connectivity index (χ1) is 8.86. The van der Waals surface area contributed by atoms with Crippen molar-refractivity contribution in [2.75, 3.05) is 0 Å². The molecule has 1 N–H and O–H groups in total. The number of nitrogens with zero attached hydrogens (tertiary/aromatic N) is 2. The molecule has 0 atom stereocenters. The van der Waals surface area contributed by atoms with Crippen molar-refractivity contribution in [2.24, 2.45) is 0 Å². The SMILES string of the molecule is O=C(O)c1noc(Cc2cccc(C(F)(F)F)c2)n1. The van der Waals surface area contributed by atoms with E-state index in [1.807, 2.05) is 0 Å². The zero-order valence-corrected chi connectivity index (χ0v) is 9.31. The van der Waals surface area contributed by atoms with E-state index in [9.17, 15) is 18.0 Å². The molecule has 100 valence electrons. The van der Waals surface area contributed by atoms with E-state index in [4.69, 9.17) is 5.11 Å². The summed E-state index contributed by atoms with van der Waals surface area (Å²) in [7, 11) is 0. The van der Waals surface area contributed by atoms with Crippen molar-refractivity contribution in [3.63, 3.8) is 0 Å². The highest BCUT2D eigenvalue weighted by Crippen LogP contribution is 2.29. The highest BCUT2D eigenvalue weighted by molar-refractivity contribution is 5.82. The Labute approximate surface area is 104 Å². The number of aromatic carboxylic acids is 1. The molecule has 19 heavy (non-hydrogen) atoms. The predicted octanol–water partition coefficient (Wildman–Crippen LogP) is 2.38. The fourth-order valence-corrected chi connectivity index (χ4v) is 1.45. The lowest BCUT2D eigenvalue weighted by atomic mass is 10.1. The smallest absolute Gasteiger partial charge is 0.416 e. The average molecular weight is 272 g/mol. The number of carboxylic acid groups (broad SMARTS) is 1. The minimum atomic E-state index is -4.43. The first-order valence-corrected chi connectivity index (χ1v) is 5.08. The van der Waals surface area contributed by atoms with Crippen molar-refractivity contribution in [3.05, 3.63) is 47.1 Å². The lowest BCUT2D eigenvalue weighted by molar-refractivity contribution is -0.137. The monoisotopic (exact) mass is 272 g/mol. The minimum absolute atomic E-state index is 0.0586. The van der Waals surface area contributed by atoms with Crippen LogP contribution in [-0.4, -0.2) is 21.2 Å². The molecule has 0 fully saturated rings. The van der Waals surface area contributed by atoms with E-state index in [0.29, 0.717) is 5.56 Å². The summed E-state index contributed by atoms with van der Waals surface area (Å²) in [5, 5.41) is 11.8. The van der Waals surface area contributed by atoms with Crippen LogP contribution >= 0.6 is 0 Å². The first kappa shape index (κ1) is 13.1. The van der Waals surface area contributed by atoms with Gasteiger partial charge in [0.05, 0.1) is 12.0 Å². The third-order valence-electron chi connectivity index (χ3n) is 2.27. The van der Waals surface area contributed by atoms with Crippen LogP contribution < -0.4 is 0 Å². The molecule has 0 aliphatic rings. The lowest BCUT2D eigenvalue weighted by Gasteiger charge is -2.07. The Hall–Kier alpha value is -2.38. The van der Waals surface area contributed by atoms with Gasteiger partial charge >= 0.3 is 12.1 Å². The molecule has 0 radical (unpaired) electrons. The molecule has 1 aromatic heterocycles. The molecule has 0 bridgehead atoms. The van der Waals surface area contributed by atoms with Crippen molar-refractivity contribution < 1.29 is 27.6 Å². The van der Waals surface area contributed by atoms with E-state index in [1.165, 1.54) is 12.1 Å². The van der Waals surface area contributed by atoms with E-state index < -0.39 is 23.5 Å². The van der Waals surface area contributed by atoms with Crippen LogP contribution in [0.5, 0.6) is 0 Å². The van der Waals surface area contributed by atoms with Crippen molar-refractivity contribution in [2.45, 2.75) is 12.6 Å². The maximum atomic E-state index is 12.5. The molecule has 2 rings (SSSR count). The van der Waals surface area contributed by atoms with Crippen LogP contribution in [0.4, 0.5) is 13.2 Å². The van der Waals surface area contributed by atoms with Crippen LogP contribution in [0.25, 0.3) is 0 Å². The first-order valence-electron chi connectivity index (χ1n) is 5.08. The van der Waals surface area contributed by atoms with Gasteiger partial charge in [0, 0.05) is 0 Å². The van der Waals surface area contributed by atoms with Gasteiger partial charge in [-0.1, -0.05) is 18.2 Å². The summed E-state index contributed by atoms with van der Waals surface area (Å²) in [5.41, 5.74) is -0.488. The van der Waals surface area contributed by atoms with Crippen LogP contribution in [0.2, 0.25) is 0 Å². The quantitative estimate of drug-likeness (QED) is 0.928. The van der Waals surface area contributed by atoms with Crippen LogP contribution in [0.15, 0.2) is 28.8 Å². The van der Waals surface area contributed by atoms with E-state index in [2.05, 4.69) is 14.7 Å². The number of carbonyl (C=O) groups is 1. The number of hydrogen-bond donors (Lipinski definition) is 1. The Bertz CT molecular complexity index is 607. The molecule has 0 aliphatic carbocycles. The number of rotatable bonds is 3. The maximum Gasteiger partial charge on any atom is 0.416 e. The molecule has 2 aromatic rings. The van der Waals surface area contributed by atoms with E-state index in [-0.39, 0.29) is 12.3 Å². The molecule has 1 aromatic carbocycles. The maximum absolute atomic E-state index is 12.5. The van der Waals surface area contributed by atoms with Gasteiger partial charge < -0.3 is 9.63 Å². The lowest BCUT2D eigenvalue weighted by Crippen LogP contribution is -2.05. The van der Waals surface area contributed by atoms with Gasteiger partial charge in [0.2, 0.25) is 5.89 Å². The zero-order valence-electron chi connectivity index (χ0n) is 9.31. The third-order valence-corrected chi connectivity index (χ3v) is 2.27. The van der Waals surface area contributed by atoms with Crippen molar-refractivity contribution in [3.8, 4) is 0 Å². The Morgan fingerprint density at radius 3 is 2.68 bits per heavy atom. The number of alkyl halides is 3. The number of carboxylic acids is 1. The standard InChI is InChI=1S/C11H7F3N2O3/c12-11(13,14)7-3-1-2-6(4-7)5-8-15-9(10(17)18)16-19-8/h1-4H,5H2,(H,17,18). The van der Waals surface area contributed by atoms with Crippen LogP contribution in [0, 0.1) is 0 Å². The number of benzene rings is 1. The zero-order chi connectivity index (χ0) is 14.0. The van der Waals surface area contributed by atoms with Gasteiger partial charge in [-0.05, 0) is 16.8 Å². The summed E-state index contributed by atoms with van der Waals surface area (Å²) in [6, 6.07) is 4.61. The molecule has 8 heteroatoms. The second kappa shape index (κ2) is 4.71. The van der Waals surface area contributed by atoms with Crippen LogP contribution in [-0.2, 0) is 12.6 Å². The number of halogens is 3. The summed E-state index contributed by atoms with van der Waals surface area (Å²) in [5.74, 6) is -1.95. The summed E-state index contributed by atoms with van der Waals surface area (Å²) >= 11 is 0. The second-order valence-electron chi connectivity index (χ2n) is 3.69. The Kier molecular flexibility index (Phi) is 3.24. The third kappa shape index (κ3) is 3.09. The summed E-state index contributed by atoms with van der Waals surface area (Å²) in [4.78, 5) is 14.1. The van der Waals surface area contributed by atoms with Crippen molar-refractivity contribution in [1.82, 2.24) is 10.1 Å². The summed E-state index contributed by atoms with van der Waals surface area (Å²) in [6.45, 7) is 0. The largest absolute Gasteiger partial charge is 0.475 e. The van der Waals surface area contributed by atoms with E-state index >= 15 is 0 Å². The molecule has 1 heterocycles. The molecular formula is C11H7F3N2O3. The Balaban J connectivity index is 2.21. The van der Waals surface area contributed by atoms with Gasteiger partial charge in [-0.25, -0.2) is 4.79 Å². The number of aromatic nitrogens is 2. The second-order valence-corrected chi connectivity index (χ2v) is 3.69. The van der Waals surface area contributed by atoms with E-state index in [0.717, 1.165) is 12.1 Å². The Morgan fingerprint density at radius 1 is 1.37 bits per heavy atom. The summed E-state index contributed by atoms with van der Waals surface area (Å²) in [6.07, 6.45) is -4.50. The van der Waals surface area contributed by atoms with Crippen LogP contribution in [0.1, 0.15) is 27.6 Å². The van der Waals surface area contributed by atoms with Crippen LogP contribution in [0.3, 0.4) is 0 Å². The Morgan fingerprint density at radius 2 is 2.11 bits per heavy atom. The van der Waals surface area contributed by atoms with Crippen molar-refractivity contribution in [1.29, 1.82) is 0 Å². The molecule has 0 saturated heterocycles. The van der Waals surface area contributed by atoms with Gasteiger partial charge in [0.15, 0.2) is 0 Å². The molecule has 0 saturated carbocycles. The topological polar surface area (TPSA) is 76.2 Å². The van der Waals surface area contributed by atoms with Crippen molar-refractivity contribution >= 4 is 5.97 Å². The molecular weight excluding hydrogens is 265 g/mol. The average Bonchev–Trinajstić information content (AvgIpc) is 2.77. The molecule has 5 nitrogen and oxygen atoms in total. The van der Waals surface area contributed by atoms with Gasteiger partial charge in [0.25, 0.3) is 5.82 Å². The minimum Gasteiger partial charge on any atom is -0.475 e. The van der Waals surface area contributed by atoms with Gasteiger partial charge in [0.1, 0.15) is 0 Å². The number of hydrogen-bond acceptors (Lipinski definition) is 4. The molecule has 0 spiro atoms. The fraction of sp³-hybridized carbons (Fsp3) is 0.182. The highest BCUT2D eigenvalue weighted by atomic mass is 19.4. The molecule has 0 amide bonds. The normalized spacial score (nSPS) is 11.5. The van der Waals surface area contributed by atoms with Gasteiger partial charge in [-0.3, -0.25) is 0 Å². The highest BCUT2D eigenvalue weighted by Gasteiger charge is 2.30.